The van der Waals surface area contributed by atoms with Crippen LogP contribution >= 0.6 is 0 Å². The first-order valence-electron chi connectivity index (χ1n) is 18.8. The molecule has 2 fully saturated rings. The van der Waals surface area contributed by atoms with Crippen molar-refractivity contribution in [1.82, 2.24) is 34.1 Å². The quantitative estimate of drug-likeness (QED) is 0.256. The molecule has 8 rings (SSSR count). The Morgan fingerprint density at radius 3 is 2.70 bits per heavy atom. The van der Waals surface area contributed by atoms with Crippen LogP contribution in [0, 0.1) is 0 Å². The number of hydrogen-bond donors (Lipinski definition) is 2. The molecule has 280 valence electrons. The highest BCUT2D eigenvalue weighted by atomic mass is 16.6. The lowest BCUT2D eigenvalue weighted by atomic mass is 9.98. The number of hydrogen-bond acceptors (Lipinski definition) is 11. The molecule has 0 saturated carbocycles. The second-order valence-electron chi connectivity index (χ2n) is 15.6. The van der Waals surface area contributed by atoms with Crippen molar-refractivity contribution in [3.63, 3.8) is 0 Å². The summed E-state index contributed by atoms with van der Waals surface area (Å²) in [6, 6.07) is 10.6. The standard InChI is InChI=1S/C39H49N9O5/c1-6-16-47-35(49)29-22-40-36(43-34(29)48(47)32-11-8-25-12-15-39(51,7-2)33(25)42-32)41-26-9-10-30-31(21-26)52-24-28-23-45(19-20-46(28)30)27-13-17-44(18-14-27)37(50)53-38(3,4)5/h6,8-11,21-22,27-28,51H,1,7,12-20,23-24H2,2-5H3,(H,40,41,43)/t28-,39-/m1/s1. The predicted molar refractivity (Wildman–Crippen MR) is 202 cm³/mol. The summed E-state index contributed by atoms with van der Waals surface area (Å²) in [6.07, 6.45) is 6.79. The van der Waals surface area contributed by atoms with Crippen molar-refractivity contribution in [3.8, 4) is 11.6 Å². The SMILES string of the molecule is C=CCn1c(=O)c2cnc(Nc3ccc4c(c3)OC[C@H]3CN(C5CCN(C(=O)OC(C)(C)C)CC5)CCN43)nc2n1-c1ccc2c(n1)[C@@](O)(CC)CC2. The van der Waals surface area contributed by atoms with Gasteiger partial charge in [-0.15, -0.1) is 6.58 Å². The molecule has 1 aliphatic carbocycles. The molecule has 4 aromatic rings. The number of aliphatic hydroxyl groups is 1. The Bertz CT molecular complexity index is 2110. The van der Waals surface area contributed by atoms with Crippen LogP contribution in [-0.2, 0) is 23.3 Å². The average Bonchev–Trinajstić information content (AvgIpc) is 3.63. The normalized spacial score (nSPS) is 21.9. The first kappa shape index (κ1) is 35.1. The van der Waals surface area contributed by atoms with Gasteiger partial charge in [0.1, 0.15) is 28.9 Å². The van der Waals surface area contributed by atoms with Crippen LogP contribution in [0.3, 0.4) is 0 Å². The van der Waals surface area contributed by atoms with Crippen molar-refractivity contribution in [2.24, 2.45) is 0 Å². The van der Waals surface area contributed by atoms with Gasteiger partial charge in [0, 0.05) is 56.7 Å². The molecule has 1 aromatic carbocycles. The maximum absolute atomic E-state index is 13.5. The summed E-state index contributed by atoms with van der Waals surface area (Å²) in [5, 5.41) is 14.9. The number of aromatic nitrogens is 5. The fraction of sp³-hybridized carbons (Fsp3) is 0.513. The number of likely N-dealkylation sites (tertiary alicyclic amines) is 1. The van der Waals surface area contributed by atoms with Gasteiger partial charge in [0.05, 0.1) is 24.0 Å². The average molecular weight is 724 g/mol. The third kappa shape index (κ3) is 6.52. The van der Waals surface area contributed by atoms with Gasteiger partial charge >= 0.3 is 6.09 Å². The number of ether oxygens (including phenoxy) is 2. The molecular weight excluding hydrogens is 674 g/mol. The summed E-state index contributed by atoms with van der Waals surface area (Å²) in [7, 11) is 0. The van der Waals surface area contributed by atoms with Gasteiger partial charge in [-0.05, 0) is 76.6 Å². The lowest BCUT2D eigenvalue weighted by Crippen LogP contribution is -2.60. The number of amides is 1. The number of allylic oxidation sites excluding steroid dienone is 1. The van der Waals surface area contributed by atoms with Gasteiger partial charge in [-0.2, -0.15) is 4.98 Å². The molecule has 14 nitrogen and oxygen atoms in total. The number of benzene rings is 1. The zero-order chi connectivity index (χ0) is 37.1. The summed E-state index contributed by atoms with van der Waals surface area (Å²) >= 11 is 0. The van der Waals surface area contributed by atoms with Crippen molar-refractivity contribution in [1.29, 1.82) is 0 Å². The van der Waals surface area contributed by atoms with Crippen LogP contribution in [0.5, 0.6) is 5.75 Å². The Morgan fingerprint density at radius 2 is 1.94 bits per heavy atom. The molecule has 2 atom stereocenters. The minimum atomic E-state index is -0.996. The molecule has 3 aliphatic heterocycles. The number of fused-ring (bicyclic) bond motifs is 5. The molecule has 6 heterocycles. The second-order valence-corrected chi connectivity index (χ2v) is 15.6. The van der Waals surface area contributed by atoms with Crippen molar-refractivity contribution in [2.75, 3.05) is 49.5 Å². The van der Waals surface area contributed by atoms with Crippen LogP contribution in [-0.4, -0.2) is 102 Å². The summed E-state index contributed by atoms with van der Waals surface area (Å²) in [5.74, 6) is 1.62. The minimum absolute atomic E-state index is 0.222. The maximum atomic E-state index is 13.5. The number of carbonyl (C=O) groups excluding carboxylic acids is 1. The van der Waals surface area contributed by atoms with E-state index in [1.54, 1.807) is 21.6 Å². The van der Waals surface area contributed by atoms with E-state index in [1.165, 1.54) is 0 Å². The van der Waals surface area contributed by atoms with E-state index in [-0.39, 0.29) is 24.2 Å². The number of rotatable bonds is 7. The van der Waals surface area contributed by atoms with Crippen LogP contribution in [0.2, 0.25) is 0 Å². The third-order valence-electron chi connectivity index (χ3n) is 11.1. The third-order valence-corrected chi connectivity index (χ3v) is 11.1. The van der Waals surface area contributed by atoms with Crippen molar-refractivity contribution >= 4 is 34.4 Å². The first-order valence-corrected chi connectivity index (χ1v) is 18.8. The maximum Gasteiger partial charge on any atom is 0.410 e. The van der Waals surface area contributed by atoms with E-state index < -0.39 is 11.2 Å². The molecule has 1 amide bonds. The van der Waals surface area contributed by atoms with Crippen LogP contribution in [0.4, 0.5) is 22.1 Å². The molecule has 0 unspecified atom stereocenters. The second kappa shape index (κ2) is 13.5. The van der Waals surface area contributed by atoms with E-state index >= 15 is 0 Å². The molecule has 53 heavy (non-hydrogen) atoms. The molecule has 4 aliphatic rings. The van der Waals surface area contributed by atoms with E-state index in [9.17, 15) is 14.7 Å². The minimum Gasteiger partial charge on any atom is -0.489 e. The number of nitrogens with zero attached hydrogens (tertiary/aromatic N) is 8. The Balaban J connectivity index is 0.980. The van der Waals surface area contributed by atoms with Gasteiger partial charge in [0.25, 0.3) is 5.56 Å². The largest absolute Gasteiger partial charge is 0.489 e. The number of anilines is 3. The fourth-order valence-electron chi connectivity index (χ4n) is 8.28. The molecule has 2 N–H and O–H groups in total. The fourth-order valence-corrected chi connectivity index (χ4v) is 8.28. The Kier molecular flexibility index (Phi) is 8.92. The van der Waals surface area contributed by atoms with E-state index in [1.807, 2.05) is 56.9 Å². The van der Waals surface area contributed by atoms with Crippen molar-refractivity contribution < 1.29 is 19.4 Å². The molecule has 0 radical (unpaired) electrons. The number of aryl methyl sites for hydroxylation is 1. The molecular formula is C39H49N9O5. The summed E-state index contributed by atoms with van der Waals surface area (Å²) in [4.78, 5) is 47.2. The Labute approximate surface area is 309 Å². The van der Waals surface area contributed by atoms with E-state index in [2.05, 4.69) is 32.7 Å². The smallest absolute Gasteiger partial charge is 0.410 e. The molecule has 3 aromatic heterocycles. The summed E-state index contributed by atoms with van der Waals surface area (Å²) < 4.78 is 15.2. The Morgan fingerprint density at radius 1 is 1.13 bits per heavy atom. The highest BCUT2D eigenvalue weighted by molar-refractivity contribution is 5.77. The van der Waals surface area contributed by atoms with Crippen LogP contribution in [0.15, 0.2) is 54.0 Å². The molecule has 2 saturated heterocycles. The van der Waals surface area contributed by atoms with Gasteiger partial charge in [0.2, 0.25) is 5.95 Å². The monoisotopic (exact) mass is 723 g/mol. The van der Waals surface area contributed by atoms with Crippen LogP contribution < -0.4 is 20.5 Å². The van der Waals surface area contributed by atoms with Crippen LogP contribution in [0.25, 0.3) is 16.9 Å². The molecule has 14 heteroatoms. The lowest BCUT2D eigenvalue weighted by molar-refractivity contribution is 0.0123. The van der Waals surface area contributed by atoms with Gasteiger partial charge < -0.3 is 29.7 Å². The zero-order valence-corrected chi connectivity index (χ0v) is 31.0. The van der Waals surface area contributed by atoms with Crippen LogP contribution in [0.1, 0.15) is 64.6 Å². The number of nitrogens with one attached hydrogen (secondary N) is 1. The topological polar surface area (TPSA) is 143 Å². The Hall–Kier alpha value is -4.95. The highest BCUT2D eigenvalue weighted by Gasteiger charge is 2.39. The first-order chi connectivity index (χ1) is 25.4. The number of piperidine rings is 1. The predicted octanol–water partition coefficient (Wildman–Crippen LogP) is 4.73. The number of piperazine rings is 1. The number of carbonyl (C=O) groups is 1. The van der Waals surface area contributed by atoms with E-state index in [0.29, 0.717) is 67.1 Å². The van der Waals surface area contributed by atoms with Crippen molar-refractivity contribution in [3.05, 3.63) is 70.8 Å². The van der Waals surface area contributed by atoms with Crippen molar-refractivity contribution in [2.45, 2.75) is 89.6 Å². The van der Waals surface area contributed by atoms with Gasteiger partial charge in [-0.25, -0.2) is 24.1 Å². The highest BCUT2D eigenvalue weighted by Crippen LogP contribution is 2.40. The molecule has 0 bridgehead atoms. The molecule has 0 spiro atoms. The summed E-state index contributed by atoms with van der Waals surface area (Å²) in [5.41, 5.74) is 2.17. The lowest BCUT2D eigenvalue weighted by Gasteiger charge is -2.49. The van der Waals surface area contributed by atoms with E-state index in [4.69, 9.17) is 19.4 Å². The van der Waals surface area contributed by atoms with Gasteiger partial charge in [0.15, 0.2) is 11.5 Å². The van der Waals surface area contributed by atoms with E-state index in [0.717, 1.165) is 61.6 Å². The zero-order valence-electron chi connectivity index (χ0n) is 31.0. The summed E-state index contributed by atoms with van der Waals surface area (Å²) in [6.45, 7) is 16.5. The van der Waals surface area contributed by atoms with Gasteiger partial charge in [-0.1, -0.05) is 19.1 Å². The van der Waals surface area contributed by atoms with Gasteiger partial charge in [-0.3, -0.25) is 9.69 Å². The number of pyridine rings is 1.